The highest BCUT2D eigenvalue weighted by atomic mass is 16.3. The zero-order valence-corrected chi connectivity index (χ0v) is 10.5. The maximum Gasteiger partial charge on any atom is 0.225 e. The summed E-state index contributed by atoms with van der Waals surface area (Å²) < 4.78 is 0. The molecule has 1 aliphatic carbocycles. The Bertz CT molecular complexity index is 246. The number of piperazine rings is 1. The largest absolute Gasteiger partial charge is 0.392 e. The van der Waals surface area contributed by atoms with Gasteiger partial charge in [0.15, 0.2) is 0 Å². The zero-order valence-electron chi connectivity index (χ0n) is 10.5. The number of nitrogens with one attached hydrogen (secondary N) is 1. The second-order valence-corrected chi connectivity index (χ2v) is 5.30. The van der Waals surface area contributed by atoms with Gasteiger partial charge in [0.25, 0.3) is 0 Å². The minimum absolute atomic E-state index is 0.129. The smallest absolute Gasteiger partial charge is 0.225 e. The Morgan fingerprint density at radius 3 is 2.53 bits per heavy atom. The fourth-order valence-electron chi connectivity index (χ4n) is 2.91. The zero-order chi connectivity index (χ0) is 12.1. The van der Waals surface area contributed by atoms with Crippen molar-refractivity contribution in [2.45, 2.75) is 44.6 Å². The van der Waals surface area contributed by atoms with Crippen molar-refractivity contribution in [3.05, 3.63) is 0 Å². The fraction of sp³-hybridized carbons (Fsp3) is 0.923. The van der Waals surface area contributed by atoms with Gasteiger partial charge in [-0.1, -0.05) is 19.3 Å². The third-order valence-electron chi connectivity index (χ3n) is 4.05. The van der Waals surface area contributed by atoms with Gasteiger partial charge in [0, 0.05) is 26.2 Å². The van der Waals surface area contributed by atoms with Crippen LogP contribution >= 0.6 is 0 Å². The lowest BCUT2D eigenvalue weighted by atomic mass is 9.84. The van der Waals surface area contributed by atoms with Crippen molar-refractivity contribution in [1.82, 2.24) is 10.2 Å². The summed E-state index contributed by atoms with van der Waals surface area (Å²) in [6.07, 6.45) is 5.80. The van der Waals surface area contributed by atoms with Crippen LogP contribution in [0, 0.1) is 5.92 Å². The standard InChI is InChI=1S/C13H24N2O2/c16-12(11-4-2-1-3-5-11)10-13(17)15-8-6-14-7-9-15/h11-12,14,16H,1-10H2. The first-order valence-corrected chi connectivity index (χ1v) is 6.94. The van der Waals surface area contributed by atoms with E-state index >= 15 is 0 Å². The predicted octanol–water partition coefficient (Wildman–Crippen LogP) is 0.749. The van der Waals surface area contributed by atoms with E-state index in [1.165, 1.54) is 19.3 Å². The number of nitrogens with zero attached hydrogens (tertiary/aromatic N) is 1. The molecule has 17 heavy (non-hydrogen) atoms. The van der Waals surface area contributed by atoms with Crippen LogP contribution in [0.2, 0.25) is 0 Å². The average molecular weight is 240 g/mol. The summed E-state index contributed by atoms with van der Waals surface area (Å²) in [4.78, 5) is 13.9. The van der Waals surface area contributed by atoms with E-state index in [9.17, 15) is 9.90 Å². The van der Waals surface area contributed by atoms with Gasteiger partial charge in [-0.25, -0.2) is 0 Å². The van der Waals surface area contributed by atoms with Gasteiger partial charge in [-0.2, -0.15) is 0 Å². The Morgan fingerprint density at radius 2 is 1.88 bits per heavy atom. The SMILES string of the molecule is O=C(CC(O)C1CCCCC1)N1CCNCC1. The van der Waals surface area contributed by atoms with E-state index in [0.717, 1.165) is 39.0 Å². The number of hydrogen-bond donors (Lipinski definition) is 2. The summed E-state index contributed by atoms with van der Waals surface area (Å²) >= 11 is 0. The number of hydrogen-bond acceptors (Lipinski definition) is 3. The van der Waals surface area contributed by atoms with Crippen LogP contribution in [-0.2, 0) is 4.79 Å². The van der Waals surface area contributed by atoms with Gasteiger partial charge in [-0.3, -0.25) is 4.79 Å². The Hall–Kier alpha value is -0.610. The van der Waals surface area contributed by atoms with Crippen LogP contribution in [0.15, 0.2) is 0 Å². The van der Waals surface area contributed by atoms with E-state index < -0.39 is 6.10 Å². The molecule has 0 aromatic heterocycles. The van der Waals surface area contributed by atoms with Gasteiger partial charge in [-0.15, -0.1) is 0 Å². The van der Waals surface area contributed by atoms with Gasteiger partial charge in [0.1, 0.15) is 0 Å². The first-order valence-electron chi connectivity index (χ1n) is 6.94. The maximum absolute atomic E-state index is 12.0. The number of aliphatic hydroxyl groups is 1. The molecule has 2 N–H and O–H groups in total. The van der Waals surface area contributed by atoms with Gasteiger partial charge in [0.05, 0.1) is 12.5 Å². The molecule has 2 aliphatic rings. The van der Waals surface area contributed by atoms with Crippen molar-refractivity contribution in [2.24, 2.45) is 5.92 Å². The Labute approximate surface area is 103 Å². The molecule has 0 aromatic carbocycles. The molecule has 1 unspecified atom stereocenters. The molecular weight excluding hydrogens is 216 g/mol. The van der Waals surface area contributed by atoms with Crippen molar-refractivity contribution in [3.63, 3.8) is 0 Å². The Balaban J connectivity index is 1.76. The number of aliphatic hydroxyl groups excluding tert-OH is 1. The van der Waals surface area contributed by atoms with Crippen LogP contribution in [0.4, 0.5) is 0 Å². The lowest BCUT2D eigenvalue weighted by Crippen LogP contribution is -2.47. The third-order valence-corrected chi connectivity index (χ3v) is 4.05. The first kappa shape index (κ1) is 12.8. The maximum atomic E-state index is 12.0. The lowest BCUT2D eigenvalue weighted by molar-refractivity contribution is -0.134. The van der Waals surface area contributed by atoms with E-state index in [1.807, 2.05) is 4.90 Å². The summed E-state index contributed by atoms with van der Waals surface area (Å²) in [5.41, 5.74) is 0. The molecule has 0 spiro atoms. The summed E-state index contributed by atoms with van der Waals surface area (Å²) in [6.45, 7) is 3.34. The molecule has 0 radical (unpaired) electrons. The molecule has 4 nitrogen and oxygen atoms in total. The minimum atomic E-state index is -0.419. The van der Waals surface area contributed by atoms with Crippen molar-refractivity contribution >= 4 is 5.91 Å². The number of carbonyl (C=O) groups excluding carboxylic acids is 1. The molecule has 1 saturated heterocycles. The highest BCUT2D eigenvalue weighted by molar-refractivity contribution is 5.76. The molecule has 0 bridgehead atoms. The topological polar surface area (TPSA) is 52.6 Å². The summed E-state index contributed by atoms with van der Waals surface area (Å²) in [5, 5.41) is 13.3. The van der Waals surface area contributed by atoms with Gasteiger partial charge in [-0.05, 0) is 18.8 Å². The third kappa shape index (κ3) is 3.68. The predicted molar refractivity (Wildman–Crippen MR) is 66.6 cm³/mol. The molecule has 1 atom stereocenters. The van der Waals surface area contributed by atoms with Crippen molar-refractivity contribution < 1.29 is 9.90 Å². The van der Waals surface area contributed by atoms with E-state index in [1.54, 1.807) is 0 Å². The van der Waals surface area contributed by atoms with Crippen LogP contribution in [0.1, 0.15) is 38.5 Å². The normalized spacial score (nSPS) is 24.6. The molecule has 1 aliphatic heterocycles. The molecule has 1 heterocycles. The van der Waals surface area contributed by atoms with Crippen LogP contribution in [0.3, 0.4) is 0 Å². The second-order valence-electron chi connectivity index (χ2n) is 5.30. The van der Waals surface area contributed by atoms with Crippen molar-refractivity contribution in [1.29, 1.82) is 0 Å². The first-order chi connectivity index (χ1) is 8.27. The fourth-order valence-corrected chi connectivity index (χ4v) is 2.91. The van der Waals surface area contributed by atoms with Crippen LogP contribution in [0.25, 0.3) is 0 Å². The second kappa shape index (κ2) is 6.36. The molecule has 0 aromatic rings. The summed E-state index contributed by atoms with van der Waals surface area (Å²) in [5.74, 6) is 0.486. The molecule has 1 saturated carbocycles. The van der Waals surface area contributed by atoms with E-state index in [0.29, 0.717) is 12.3 Å². The van der Waals surface area contributed by atoms with Crippen LogP contribution in [0.5, 0.6) is 0 Å². The van der Waals surface area contributed by atoms with Crippen LogP contribution < -0.4 is 5.32 Å². The molecule has 98 valence electrons. The monoisotopic (exact) mass is 240 g/mol. The van der Waals surface area contributed by atoms with Gasteiger partial charge >= 0.3 is 0 Å². The quantitative estimate of drug-likeness (QED) is 0.765. The molecular formula is C13H24N2O2. The highest BCUT2D eigenvalue weighted by Gasteiger charge is 2.26. The van der Waals surface area contributed by atoms with E-state index in [-0.39, 0.29) is 5.91 Å². The number of amides is 1. The number of carbonyl (C=O) groups is 1. The van der Waals surface area contributed by atoms with Crippen molar-refractivity contribution in [2.75, 3.05) is 26.2 Å². The average Bonchev–Trinajstić information content (AvgIpc) is 2.40. The molecule has 2 rings (SSSR count). The Morgan fingerprint density at radius 1 is 1.24 bits per heavy atom. The van der Waals surface area contributed by atoms with Gasteiger partial charge in [0.2, 0.25) is 5.91 Å². The van der Waals surface area contributed by atoms with E-state index in [4.69, 9.17) is 0 Å². The Kier molecular flexibility index (Phi) is 4.80. The van der Waals surface area contributed by atoms with Crippen molar-refractivity contribution in [3.8, 4) is 0 Å². The summed E-state index contributed by atoms with van der Waals surface area (Å²) in [7, 11) is 0. The summed E-state index contributed by atoms with van der Waals surface area (Å²) in [6, 6.07) is 0. The van der Waals surface area contributed by atoms with Crippen LogP contribution in [-0.4, -0.2) is 48.2 Å². The van der Waals surface area contributed by atoms with E-state index in [2.05, 4.69) is 5.32 Å². The van der Waals surface area contributed by atoms with Gasteiger partial charge < -0.3 is 15.3 Å². The number of rotatable bonds is 3. The molecule has 2 fully saturated rings. The highest BCUT2D eigenvalue weighted by Crippen LogP contribution is 2.27. The molecule has 4 heteroatoms. The molecule has 1 amide bonds. The minimum Gasteiger partial charge on any atom is -0.392 e. The lowest BCUT2D eigenvalue weighted by Gasteiger charge is -2.31.